The number of nitrogens with zero attached hydrogens (tertiary/aromatic N) is 1. The van der Waals surface area contributed by atoms with Gasteiger partial charge in [0, 0.05) is 0 Å². The lowest BCUT2D eigenvalue weighted by Gasteiger charge is -2.00. The lowest BCUT2D eigenvalue weighted by molar-refractivity contribution is 0.142. The molecule has 0 amide bonds. The van der Waals surface area contributed by atoms with Crippen LogP contribution in [0.15, 0.2) is 6.20 Å². The van der Waals surface area contributed by atoms with Gasteiger partial charge >= 0.3 is 0 Å². The lowest BCUT2D eigenvalue weighted by atomic mass is 10.3. The molecule has 0 radical (unpaired) electrons. The Bertz CT molecular complexity index is 267. The van der Waals surface area contributed by atoms with E-state index in [9.17, 15) is 9.50 Å². The molecule has 0 unspecified atom stereocenters. The quantitative estimate of drug-likeness (QED) is 0.667. The Kier molecular flexibility index (Phi) is 1.26. The zero-order valence-electron chi connectivity index (χ0n) is 5.97. The van der Waals surface area contributed by atoms with Crippen LogP contribution in [0.3, 0.4) is 0 Å². The number of imidazole rings is 1. The second-order valence-electron chi connectivity index (χ2n) is 2.92. The van der Waals surface area contributed by atoms with E-state index in [1.54, 1.807) is 0 Å². The van der Waals surface area contributed by atoms with Crippen LogP contribution in [0.2, 0.25) is 0 Å². The molecule has 0 bridgehead atoms. The van der Waals surface area contributed by atoms with Crippen molar-refractivity contribution in [3.05, 3.63) is 17.7 Å². The van der Waals surface area contributed by atoms with E-state index < -0.39 is 12.3 Å². The van der Waals surface area contributed by atoms with Gasteiger partial charge in [0.2, 0.25) is 0 Å². The lowest BCUT2D eigenvalue weighted by Crippen LogP contribution is -2.06. The summed E-state index contributed by atoms with van der Waals surface area (Å²) in [6.45, 7) is -0.552. The molecule has 0 aromatic carbocycles. The molecule has 1 aliphatic carbocycles. The van der Waals surface area contributed by atoms with E-state index in [-0.39, 0.29) is 0 Å². The zero-order chi connectivity index (χ0) is 7.90. The molecule has 2 N–H and O–H groups in total. The van der Waals surface area contributed by atoms with Gasteiger partial charge in [-0.15, -0.1) is 0 Å². The van der Waals surface area contributed by atoms with Crippen LogP contribution in [0.4, 0.5) is 4.39 Å². The van der Waals surface area contributed by atoms with Crippen molar-refractivity contribution in [3.8, 4) is 0 Å². The molecule has 1 saturated carbocycles. The number of H-pyrrole nitrogens is 1. The van der Waals surface area contributed by atoms with Crippen LogP contribution in [0.25, 0.3) is 0 Å². The smallest absolute Gasteiger partial charge is 0.138 e. The van der Waals surface area contributed by atoms with Crippen LogP contribution in [-0.4, -0.2) is 15.1 Å². The highest BCUT2D eigenvalue weighted by molar-refractivity contribution is 5.14. The van der Waals surface area contributed by atoms with Gasteiger partial charge in [-0.1, -0.05) is 0 Å². The summed E-state index contributed by atoms with van der Waals surface area (Å²) in [7, 11) is 0. The summed E-state index contributed by atoms with van der Waals surface area (Å²) in [5, 5.41) is 9.49. The number of halogens is 1. The minimum Gasteiger partial charge on any atom is -0.382 e. The third kappa shape index (κ3) is 1.03. The third-order valence-corrected chi connectivity index (χ3v) is 1.94. The molecule has 1 fully saturated rings. The van der Waals surface area contributed by atoms with Gasteiger partial charge in [-0.3, -0.25) is 0 Å². The summed E-state index contributed by atoms with van der Waals surface area (Å²) in [4.78, 5) is 6.60. The Morgan fingerprint density at radius 2 is 2.45 bits per heavy atom. The molecule has 11 heavy (non-hydrogen) atoms. The van der Waals surface area contributed by atoms with Crippen molar-refractivity contribution >= 4 is 0 Å². The number of aromatic nitrogens is 2. The number of nitrogens with one attached hydrogen (secondary N) is 1. The van der Waals surface area contributed by atoms with Crippen molar-refractivity contribution in [2.45, 2.75) is 25.1 Å². The van der Waals surface area contributed by atoms with Crippen LogP contribution in [0.1, 0.15) is 24.4 Å². The van der Waals surface area contributed by atoms with Crippen molar-refractivity contribution in [1.82, 2.24) is 9.97 Å². The van der Waals surface area contributed by atoms with E-state index in [1.807, 2.05) is 0 Å². The number of rotatable bonds is 2. The molecule has 0 saturated heterocycles. The predicted octanol–water partition coefficient (Wildman–Crippen LogP) is 0.861. The standard InChI is InChI=1S/C7H9FN2O/c8-3-5-4-9-6(10-5)7(11)1-2-7/h4,11H,1-3H2,(H,9,10). The van der Waals surface area contributed by atoms with Gasteiger partial charge in [0.15, 0.2) is 0 Å². The number of hydrogen-bond acceptors (Lipinski definition) is 2. The fourth-order valence-corrected chi connectivity index (χ4v) is 1.02. The highest BCUT2D eigenvalue weighted by atomic mass is 19.1. The van der Waals surface area contributed by atoms with Gasteiger partial charge < -0.3 is 10.1 Å². The maximum Gasteiger partial charge on any atom is 0.138 e. The third-order valence-electron chi connectivity index (χ3n) is 1.94. The number of alkyl halides is 1. The molecule has 1 heterocycles. The van der Waals surface area contributed by atoms with Crippen LogP contribution in [0.5, 0.6) is 0 Å². The first-order valence-electron chi connectivity index (χ1n) is 3.57. The first-order valence-corrected chi connectivity index (χ1v) is 3.57. The Balaban J connectivity index is 2.25. The molecule has 1 aliphatic rings. The fourth-order valence-electron chi connectivity index (χ4n) is 1.02. The summed E-state index contributed by atoms with van der Waals surface area (Å²) in [5.41, 5.74) is -0.340. The van der Waals surface area contributed by atoms with Gasteiger partial charge in [-0.2, -0.15) is 0 Å². The van der Waals surface area contributed by atoms with Crippen molar-refractivity contribution in [1.29, 1.82) is 0 Å². The highest BCUT2D eigenvalue weighted by Crippen LogP contribution is 2.43. The Morgan fingerprint density at radius 1 is 1.73 bits per heavy atom. The Labute approximate surface area is 63.3 Å². The van der Waals surface area contributed by atoms with Crippen LogP contribution in [0, 0.1) is 0 Å². The zero-order valence-corrected chi connectivity index (χ0v) is 5.97. The molecule has 4 heteroatoms. The maximum absolute atomic E-state index is 12.0. The van der Waals surface area contributed by atoms with Gasteiger partial charge in [0.25, 0.3) is 0 Å². The molecule has 0 atom stereocenters. The first-order chi connectivity index (χ1) is 5.24. The van der Waals surface area contributed by atoms with Crippen LogP contribution in [-0.2, 0) is 12.3 Å². The highest BCUT2D eigenvalue weighted by Gasteiger charge is 2.44. The van der Waals surface area contributed by atoms with Gasteiger partial charge in [0.05, 0.1) is 11.9 Å². The minimum atomic E-state index is -0.770. The SMILES string of the molecule is OC1(c2ncc(CF)[nH]2)CC1. The Hall–Kier alpha value is -0.900. The molecule has 3 nitrogen and oxygen atoms in total. The minimum absolute atomic E-state index is 0.431. The van der Waals surface area contributed by atoms with E-state index in [0.29, 0.717) is 11.5 Å². The Morgan fingerprint density at radius 3 is 2.91 bits per heavy atom. The fraction of sp³-hybridized carbons (Fsp3) is 0.571. The van der Waals surface area contributed by atoms with Crippen LogP contribution >= 0.6 is 0 Å². The van der Waals surface area contributed by atoms with Crippen molar-refractivity contribution in [3.63, 3.8) is 0 Å². The summed E-state index contributed by atoms with van der Waals surface area (Å²) in [6, 6.07) is 0. The molecular formula is C7H9FN2O. The molecule has 1 aromatic heterocycles. The largest absolute Gasteiger partial charge is 0.382 e. The first kappa shape index (κ1) is 6.79. The average molecular weight is 156 g/mol. The van der Waals surface area contributed by atoms with E-state index in [4.69, 9.17) is 0 Å². The van der Waals surface area contributed by atoms with E-state index in [1.165, 1.54) is 6.20 Å². The topological polar surface area (TPSA) is 48.9 Å². The summed E-state index contributed by atoms with van der Waals surface area (Å²) < 4.78 is 12.0. The molecule has 1 aromatic rings. The van der Waals surface area contributed by atoms with E-state index >= 15 is 0 Å². The monoisotopic (exact) mass is 156 g/mol. The normalized spacial score (nSPS) is 20.2. The predicted molar refractivity (Wildman–Crippen MR) is 36.5 cm³/mol. The molecule has 2 rings (SSSR count). The van der Waals surface area contributed by atoms with Gasteiger partial charge in [0.1, 0.15) is 18.1 Å². The molecular weight excluding hydrogens is 147 g/mol. The molecule has 60 valence electrons. The maximum atomic E-state index is 12.0. The van der Waals surface area contributed by atoms with Crippen molar-refractivity contribution < 1.29 is 9.50 Å². The number of hydrogen-bond donors (Lipinski definition) is 2. The van der Waals surface area contributed by atoms with E-state index in [2.05, 4.69) is 9.97 Å². The van der Waals surface area contributed by atoms with Crippen molar-refractivity contribution in [2.75, 3.05) is 0 Å². The van der Waals surface area contributed by atoms with Gasteiger partial charge in [-0.05, 0) is 12.8 Å². The molecule has 0 spiro atoms. The number of aromatic amines is 1. The number of aliphatic hydroxyl groups is 1. The second-order valence-corrected chi connectivity index (χ2v) is 2.92. The molecule has 0 aliphatic heterocycles. The second kappa shape index (κ2) is 2.04. The summed E-state index contributed by atoms with van der Waals surface area (Å²) in [6.07, 6.45) is 2.88. The van der Waals surface area contributed by atoms with Crippen LogP contribution < -0.4 is 0 Å². The average Bonchev–Trinajstić information content (AvgIpc) is 2.61. The summed E-state index contributed by atoms with van der Waals surface area (Å²) >= 11 is 0. The van der Waals surface area contributed by atoms with Gasteiger partial charge in [-0.25, -0.2) is 9.37 Å². The van der Waals surface area contributed by atoms with E-state index in [0.717, 1.165) is 12.8 Å². The van der Waals surface area contributed by atoms with Crippen molar-refractivity contribution in [2.24, 2.45) is 0 Å². The summed E-state index contributed by atoms with van der Waals surface area (Å²) in [5.74, 6) is 0.505.